The maximum Gasteiger partial charge on any atom is 0.136 e. The summed E-state index contributed by atoms with van der Waals surface area (Å²) in [6, 6.07) is 13.8. The van der Waals surface area contributed by atoms with Crippen LogP contribution in [0.15, 0.2) is 48.8 Å². The Morgan fingerprint density at radius 2 is 1.72 bits per heavy atom. The van der Waals surface area contributed by atoms with Crippen molar-refractivity contribution in [2.24, 2.45) is 0 Å². The fraction of sp³-hybridized carbons (Fsp3) is 0.0667. The molecule has 0 aliphatic heterocycles. The minimum atomic E-state index is 0.679. The lowest BCUT2D eigenvalue weighted by Gasteiger charge is -2.02. The minimum absolute atomic E-state index is 0.679. The minimum Gasteiger partial charge on any atom is -0.306 e. The quantitative estimate of drug-likeness (QED) is 0.647. The summed E-state index contributed by atoms with van der Waals surface area (Å²) in [7, 11) is 0. The summed E-state index contributed by atoms with van der Waals surface area (Å²) in [5.41, 5.74) is 4.85. The molecule has 86 valence electrons. The third kappa shape index (κ3) is 1.74. The molecule has 0 aliphatic rings. The van der Waals surface area contributed by atoms with Crippen LogP contribution in [0.1, 0.15) is 11.3 Å². The molecule has 3 heteroatoms. The smallest absolute Gasteiger partial charge is 0.136 e. The lowest BCUT2D eigenvalue weighted by Crippen LogP contribution is -1.85. The van der Waals surface area contributed by atoms with Crippen LogP contribution in [0.2, 0.25) is 0 Å². The number of benzene rings is 1. The number of fused-ring (bicyclic) bond motifs is 1. The molecule has 18 heavy (non-hydrogen) atoms. The van der Waals surface area contributed by atoms with Gasteiger partial charge in [-0.25, -0.2) is 4.98 Å². The Kier molecular flexibility index (Phi) is 2.35. The second kappa shape index (κ2) is 4.01. The van der Waals surface area contributed by atoms with Crippen LogP contribution in [0.25, 0.3) is 16.8 Å². The van der Waals surface area contributed by atoms with Gasteiger partial charge in [0.05, 0.1) is 17.3 Å². The van der Waals surface area contributed by atoms with Crippen LogP contribution in [0, 0.1) is 18.3 Å². The van der Waals surface area contributed by atoms with Gasteiger partial charge in [0.1, 0.15) is 5.65 Å². The van der Waals surface area contributed by atoms with Gasteiger partial charge in [-0.15, -0.1) is 0 Å². The standard InChI is InChI=1S/C15H11N3/c1-11-9-18-10-14(6-7-15(18)17-11)13-4-2-12(8-16)3-5-13/h2-7,9-10H,1H3. The van der Waals surface area contributed by atoms with E-state index in [1.54, 1.807) is 0 Å². The molecule has 3 aromatic rings. The van der Waals surface area contributed by atoms with Gasteiger partial charge < -0.3 is 4.40 Å². The summed E-state index contributed by atoms with van der Waals surface area (Å²) < 4.78 is 2.02. The molecule has 0 amide bonds. The number of aryl methyl sites for hydroxylation is 1. The Morgan fingerprint density at radius 3 is 2.44 bits per heavy atom. The molecule has 0 radical (unpaired) electrons. The predicted octanol–water partition coefficient (Wildman–Crippen LogP) is 3.18. The maximum atomic E-state index is 8.78. The van der Waals surface area contributed by atoms with Crippen LogP contribution in [0.5, 0.6) is 0 Å². The van der Waals surface area contributed by atoms with Crippen LogP contribution in [0.4, 0.5) is 0 Å². The molecule has 2 heterocycles. The molecular weight excluding hydrogens is 222 g/mol. The highest BCUT2D eigenvalue weighted by Crippen LogP contribution is 2.20. The Balaban J connectivity index is 2.10. The van der Waals surface area contributed by atoms with Gasteiger partial charge in [-0.05, 0) is 42.3 Å². The van der Waals surface area contributed by atoms with Crippen LogP contribution in [-0.4, -0.2) is 9.38 Å². The van der Waals surface area contributed by atoms with E-state index in [1.165, 1.54) is 0 Å². The Hall–Kier alpha value is -2.60. The van der Waals surface area contributed by atoms with Crippen LogP contribution < -0.4 is 0 Å². The number of hydrogen-bond donors (Lipinski definition) is 0. The highest BCUT2D eigenvalue weighted by Gasteiger charge is 2.01. The lowest BCUT2D eigenvalue weighted by atomic mass is 10.1. The first-order valence-corrected chi connectivity index (χ1v) is 5.72. The Labute approximate surface area is 105 Å². The maximum absolute atomic E-state index is 8.78. The molecular formula is C15H11N3. The van der Waals surface area contributed by atoms with Gasteiger partial charge in [0, 0.05) is 12.4 Å². The van der Waals surface area contributed by atoms with Gasteiger partial charge in [0.25, 0.3) is 0 Å². The zero-order valence-corrected chi connectivity index (χ0v) is 9.96. The summed E-state index contributed by atoms with van der Waals surface area (Å²) in [5.74, 6) is 0. The average molecular weight is 233 g/mol. The fourth-order valence-corrected chi connectivity index (χ4v) is 2.03. The van der Waals surface area contributed by atoms with Gasteiger partial charge in [-0.2, -0.15) is 5.26 Å². The SMILES string of the molecule is Cc1cn2cc(-c3ccc(C#N)cc3)ccc2n1. The number of rotatable bonds is 1. The molecule has 0 saturated heterocycles. The molecule has 0 fully saturated rings. The summed E-state index contributed by atoms with van der Waals surface area (Å²) in [6.45, 7) is 1.98. The molecule has 0 spiro atoms. The van der Waals surface area contributed by atoms with Crippen molar-refractivity contribution < 1.29 is 0 Å². The summed E-state index contributed by atoms with van der Waals surface area (Å²) >= 11 is 0. The molecule has 0 aliphatic carbocycles. The zero-order chi connectivity index (χ0) is 12.5. The van der Waals surface area contributed by atoms with E-state index in [4.69, 9.17) is 5.26 Å². The van der Waals surface area contributed by atoms with Gasteiger partial charge >= 0.3 is 0 Å². The van der Waals surface area contributed by atoms with E-state index in [9.17, 15) is 0 Å². The van der Waals surface area contributed by atoms with Gasteiger partial charge in [-0.3, -0.25) is 0 Å². The summed E-state index contributed by atoms with van der Waals surface area (Å²) in [4.78, 5) is 4.40. The first-order chi connectivity index (χ1) is 8.76. The largest absolute Gasteiger partial charge is 0.306 e. The molecule has 3 rings (SSSR count). The highest BCUT2D eigenvalue weighted by atomic mass is 15.0. The monoisotopic (exact) mass is 233 g/mol. The van der Waals surface area contributed by atoms with E-state index in [0.29, 0.717) is 5.56 Å². The van der Waals surface area contributed by atoms with Crippen molar-refractivity contribution in [1.82, 2.24) is 9.38 Å². The Bertz CT molecular complexity index is 745. The van der Waals surface area contributed by atoms with Gasteiger partial charge in [0.15, 0.2) is 0 Å². The number of nitriles is 1. The van der Waals surface area contributed by atoms with Crippen molar-refractivity contribution in [3.8, 4) is 17.2 Å². The van der Waals surface area contributed by atoms with Crippen molar-refractivity contribution in [2.45, 2.75) is 6.92 Å². The van der Waals surface area contributed by atoms with Crippen LogP contribution in [-0.2, 0) is 0 Å². The van der Waals surface area contributed by atoms with E-state index in [0.717, 1.165) is 22.5 Å². The van der Waals surface area contributed by atoms with E-state index < -0.39 is 0 Å². The number of imidazole rings is 1. The second-order valence-corrected chi connectivity index (χ2v) is 4.25. The molecule has 2 aromatic heterocycles. The molecule has 0 atom stereocenters. The molecule has 0 saturated carbocycles. The van der Waals surface area contributed by atoms with Gasteiger partial charge in [-0.1, -0.05) is 12.1 Å². The van der Waals surface area contributed by atoms with Crippen molar-refractivity contribution in [1.29, 1.82) is 5.26 Å². The van der Waals surface area contributed by atoms with E-state index in [1.807, 2.05) is 53.9 Å². The Morgan fingerprint density at radius 1 is 1.00 bits per heavy atom. The number of nitrogens with zero attached hydrogens (tertiary/aromatic N) is 3. The summed E-state index contributed by atoms with van der Waals surface area (Å²) in [6.07, 6.45) is 4.05. The third-order valence-corrected chi connectivity index (χ3v) is 2.92. The van der Waals surface area contributed by atoms with Crippen molar-refractivity contribution in [3.63, 3.8) is 0 Å². The second-order valence-electron chi connectivity index (χ2n) is 4.25. The fourth-order valence-electron chi connectivity index (χ4n) is 2.03. The molecule has 1 aromatic carbocycles. The predicted molar refractivity (Wildman–Crippen MR) is 70.1 cm³/mol. The number of aromatic nitrogens is 2. The van der Waals surface area contributed by atoms with Crippen molar-refractivity contribution >= 4 is 5.65 Å². The van der Waals surface area contributed by atoms with E-state index in [-0.39, 0.29) is 0 Å². The van der Waals surface area contributed by atoms with Gasteiger partial charge in [0.2, 0.25) is 0 Å². The van der Waals surface area contributed by atoms with Crippen molar-refractivity contribution in [2.75, 3.05) is 0 Å². The topological polar surface area (TPSA) is 41.1 Å². The summed E-state index contributed by atoms with van der Waals surface area (Å²) in [5, 5.41) is 8.78. The van der Waals surface area contributed by atoms with Crippen LogP contribution >= 0.6 is 0 Å². The molecule has 3 nitrogen and oxygen atoms in total. The number of hydrogen-bond acceptors (Lipinski definition) is 2. The van der Waals surface area contributed by atoms with E-state index >= 15 is 0 Å². The average Bonchev–Trinajstić information content (AvgIpc) is 2.78. The van der Waals surface area contributed by atoms with Crippen LogP contribution in [0.3, 0.4) is 0 Å². The lowest BCUT2D eigenvalue weighted by molar-refractivity contribution is 1.19. The molecule has 0 bridgehead atoms. The first kappa shape index (κ1) is 10.5. The molecule has 0 unspecified atom stereocenters. The van der Waals surface area contributed by atoms with Crippen molar-refractivity contribution in [3.05, 3.63) is 60.0 Å². The number of pyridine rings is 1. The normalized spacial score (nSPS) is 10.4. The first-order valence-electron chi connectivity index (χ1n) is 5.72. The zero-order valence-electron chi connectivity index (χ0n) is 9.96. The third-order valence-electron chi connectivity index (χ3n) is 2.92. The highest BCUT2D eigenvalue weighted by molar-refractivity contribution is 5.65. The van der Waals surface area contributed by atoms with E-state index in [2.05, 4.69) is 17.3 Å². The molecule has 0 N–H and O–H groups in total.